The number of unbranched alkanes of at least 4 members (excludes halogenated alkanes) is 4. The minimum atomic E-state index is -4.38. The SMILES string of the molecule is CCCCCCCC1CCC(S(=O)(=O)C(=[N+]=[N-])S(=O)(=O)c2ccccc2)CC1. The van der Waals surface area contributed by atoms with Gasteiger partial charge in [0, 0.05) is 0 Å². The van der Waals surface area contributed by atoms with Gasteiger partial charge in [-0.05, 0) is 43.7 Å². The lowest BCUT2D eigenvalue weighted by molar-refractivity contribution is 0.00368. The summed E-state index contributed by atoms with van der Waals surface area (Å²) in [7, 11) is -8.61. The monoisotopic (exact) mass is 426 g/mol. The molecule has 1 fully saturated rings. The summed E-state index contributed by atoms with van der Waals surface area (Å²) in [5.41, 5.74) is 9.26. The molecule has 156 valence electrons. The molecule has 0 aliphatic heterocycles. The van der Waals surface area contributed by atoms with E-state index in [4.69, 9.17) is 0 Å². The molecule has 0 bridgehead atoms. The van der Waals surface area contributed by atoms with Gasteiger partial charge in [0.15, 0.2) is 0 Å². The number of sulfone groups is 2. The number of hydrogen-bond acceptors (Lipinski definition) is 4. The fraction of sp³-hybridized carbons (Fsp3) is 0.650. The molecule has 2 rings (SSSR count). The average molecular weight is 427 g/mol. The Labute approximate surface area is 168 Å². The maximum atomic E-state index is 12.9. The lowest BCUT2D eigenvalue weighted by Crippen LogP contribution is -2.36. The third-order valence-corrected chi connectivity index (χ3v) is 10.3. The fourth-order valence-corrected chi connectivity index (χ4v) is 7.91. The zero-order valence-electron chi connectivity index (χ0n) is 16.5. The van der Waals surface area contributed by atoms with Crippen LogP contribution in [0.3, 0.4) is 0 Å². The standard InChI is InChI=1S/C20H30N2O4S2/c1-2-3-4-5-7-10-17-13-15-19(16-14-17)28(25,26)20(22-21)27(23,24)18-11-8-6-9-12-18/h6,8-9,11-12,17,19H,2-5,7,10,13-16H2,1H3. The van der Waals surface area contributed by atoms with E-state index in [9.17, 15) is 22.4 Å². The third-order valence-electron chi connectivity index (χ3n) is 5.56. The van der Waals surface area contributed by atoms with E-state index in [1.54, 1.807) is 6.07 Å². The van der Waals surface area contributed by atoms with E-state index in [-0.39, 0.29) is 4.90 Å². The second-order valence-corrected chi connectivity index (χ2v) is 11.8. The van der Waals surface area contributed by atoms with E-state index in [1.807, 2.05) is 0 Å². The Balaban J connectivity index is 2.02. The Morgan fingerprint density at radius 2 is 1.57 bits per heavy atom. The zero-order valence-corrected chi connectivity index (χ0v) is 18.1. The summed E-state index contributed by atoms with van der Waals surface area (Å²) >= 11 is 0. The van der Waals surface area contributed by atoms with Crippen molar-refractivity contribution in [1.29, 1.82) is 0 Å². The van der Waals surface area contributed by atoms with Crippen LogP contribution < -0.4 is 0 Å². The number of nitrogens with zero attached hydrogens (tertiary/aromatic N) is 2. The molecule has 8 heteroatoms. The Kier molecular flexibility index (Phi) is 8.40. The van der Waals surface area contributed by atoms with Crippen LogP contribution in [0.4, 0.5) is 0 Å². The smallest absolute Gasteiger partial charge is 0.359 e. The van der Waals surface area contributed by atoms with Crippen LogP contribution in [0.2, 0.25) is 0 Å². The Bertz CT molecular complexity index is 881. The van der Waals surface area contributed by atoms with Gasteiger partial charge in [-0.1, -0.05) is 63.6 Å². The molecular weight excluding hydrogens is 396 g/mol. The van der Waals surface area contributed by atoms with Crippen molar-refractivity contribution in [3.63, 3.8) is 0 Å². The van der Waals surface area contributed by atoms with Crippen LogP contribution in [-0.2, 0) is 19.7 Å². The average Bonchev–Trinajstić information content (AvgIpc) is 2.69. The van der Waals surface area contributed by atoms with Gasteiger partial charge in [-0.2, -0.15) is 0 Å². The van der Waals surface area contributed by atoms with Gasteiger partial charge in [0.25, 0.3) is 19.7 Å². The molecule has 0 radical (unpaired) electrons. The highest BCUT2D eigenvalue weighted by molar-refractivity contribution is 8.31. The highest BCUT2D eigenvalue weighted by Crippen LogP contribution is 2.33. The summed E-state index contributed by atoms with van der Waals surface area (Å²) in [6.07, 6.45) is 9.53. The molecular formula is C20H30N2O4S2. The number of hydrogen-bond donors (Lipinski definition) is 0. The van der Waals surface area contributed by atoms with Gasteiger partial charge < -0.3 is 5.53 Å². The van der Waals surface area contributed by atoms with Crippen LogP contribution in [0, 0.1) is 5.92 Å². The van der Waals surface area contributed by atoms with E-state index >= 15 is 0 Å². The van der Waals surface area contributed by atoms with Gasteiger partial charge in [-0.15, -0.1) is 4.79 Å². The third kappa shape index (κ3) is 5.52. The Morgan fingerprint density at radius 1 is 0.964 bits per heavy atom. The summed E-state index contributed by atoms with van der Waals surface area (Å²) in [4.78, 5) is 2.53. The quantitative estimate of drug-likeness (QED) is 0.202. The van der Waals surface area contributed by atoms with Crippen LogP contribution in [0.1, 0.15) is 71.1 Å². The van der Waals surface area contributed by atoms with Gasteiger partial charge in [0.05, 0.1) is 10.1 Å². The van der Waals surface area contributed by atoms with Crippen molar-refractivity contribution < 1.29 is 21.6 Å². The molecule has 0 atom stereocenters. The van der Waals surface area contributed by atoms with E-state index in [0.29, 0.717) is 18.8 Å². The van der Waals surface area contributed by atoms with E-state index in [1.165, 1.54) is 49.9 Å². The molecule has 1 saturated carbocycles. The molecule has 6 nitrogen and oxygen atoms in total. The molecule has 0 spiro atoms. The van der Waals surface area contributed by atoms with E-state index < -0.39 is 29.3 Å². The van der Waals surface area contributed by atoms with Gasteiger partial charge in [-0.3, -0.25) is 0 Å². The summed E-state index contributed by atoms with van der Waals surface area (Å²) in [6.45, 7) is 2.18. The first-order chi connectivity index (χ1) is 13.3. The zero-order chi connectivity index (χ0) is 20.6. The predicted octanol–water partition coefficient (Wildman–Crippen LogP) is 4.38. The molecule has 0 amide bonds. The van der Waals surface area contributed by atoms with Gasteiger partial charge in [0.1, 0.15) is 0 Å². The normalized spacial score (nSPS) is 20.5. The van der Waals surface area contributed by atoms with Gasteiger partial charge >= 0.3 is 4.38 Å². The predicted molar refractivity (Wildman–Crippen MR) is 110 cm³/mol. The van der Waals surface area contributed by atoms with Crippen molar-refractivity contribution in [3.8, 4) is 0 Å². The minimum absolute atomic E-state index is 0.188. The van der Waals surface area contributed by atoms with E-state index in [2.05, 4.69) is 11.7 Å². The lowest BCUT2D eigenvalue weighted by Gasteiger charge is -2.27. The van der Waals surface area contributed by atoms with Gasteiger partial charge in [0.2, 0.25) is 0 Å². The van der Waals surface area contributed by atoms with Crippen molar-refractivity contribution in [2.45, 2.75) is 81.3 Å². The molecule has 0 aromatic heterocycles. The maximum absolute atomic E-state index is 12.9. The van der Waals surface area contributed by atoms with Crippen LogP contribution in [0.15, 0.2) is 35.2 Å². The van der Waals surface area contributed by atoms with E-state index in [0.717, 1.165) is 25.7 Å². The molecule has 0 unspecified atom stereocenters. The molecule has 1 aliphatic carbocycles. The van der Waals surface area contributed by atoms with Crippen LogP contribution in [0.25, 0.3) is 5.53 Å². The number of benzene rings is 1. The van der Waals surface area contributed by atoms with Crippen molar-refractivity contribution >= 4 is 24.1 Å². The molecule has 0 saturated heterocycles. The first kappa shape index (κ1) is 22.8. The second-order valence-electron chi connectivity index (χ2n) is 7.57. The fourth-order valence-electron chi connectivity index (χ4n) is 3.87. The molecule has 0 heterocycles. The molecule has 1 aromatic carbocycles. The summed E-state index contributed by atoms with van der Waals surface area (Å²) in [5, 5.41) is -0.812. The molecule has 1 aliphatic rings. The Morgan fingerprint density at radius 3 is 2.14 bits per heavy atom. The summed E-state index contributed by atoms with van der Waals surface area (Å²) < 4.78 is 50.0. The summed E-state index contributed by atoms with van der Waals surface area (Å²) in [5.74, 6) is 0.494. The minimum Gasteiger partial charge on any atom is -0.359 e. The van der Waals surface area contributed by atoms with Crippen molar-refractivity contribution in [2.24, 2.45) is 5.92 Å². The molecule has 1 aromatic rings. The largest absolute Gasteiger partial charge is 0.499 e. The topological polar surface area (TPSA) is 105 Å². The number of rotatable bonds is 8. The van der Waals surface area contributed by atoms with Crippen LogP contribution >= 0.6 is 0 Å². The summed E-state index contributed by atoms with van der Waals surface area (Å²) in [6, 6.07) is 7.23. The molecule has 28 heavy (non-hydrogen) atoms. The highest BCUT2D eigenvalue weighted by Gasteiger charge is 2.47. The lowest BCUT2D eigenvalue weighted by atomic mass is 9.85. The van der Waals surface area contributed by atoms with Gasteiger partial charge in [-0.25, -0.2) is 16.8 Å². The van der Waals surface area contributed by atoms with Crippen molar-refractivity contribution in [1.82, 2.24) is 0 Å². The van der Waals surface area contributed by atoms with Crippen molar-refractivity contribution in [3.05, 3.63) is 35.9 Å². The van der Waals surface area contributed by atoms with Crippen LogP contribution in [-0.4, -0.2) is 31.3 Å². The first-order valence-electron chi connectivity index (χ1n) is 10.1. The Hall–Kier alpha value is -1.50. The van der Waals surface area contributed by atoms with Crippen LogP contribution in [0.5, 0.6) is 0 Å². The first-order valence-corrected chi connectivity index (χ1v) is 13.1. The highest BCUT2D eigenvalue weighted by atomic mass is 32.3. The maximum Gasteiger partial charge on any atom is 0.499 e. The van der Waals surface area contributed by atoms with Crippen molar-refractivity contribution in [2.75, 3.05) is 0 Å². The second kappa shape index (κ2) is 10.3. The molecule has 0 N–H and O–H groups in total.